The van der Waals surface area contributed by atoms with Crippen molar-refractivity contribution in [3.63, 3.8) is 0 Å². The highest BCUT2D eigenvalue weighted by Crippen LogP contribution is 2.35. The van der Waals surface area contributed by atoms with Crippen LogP contribution in [-0.2, 0) is 0 Å². The number of aliphatic hydroxyl groups excluding tert-OH is 1. The summed E-state index contributed by atoms with van der Waals surface area (Å²) in [4.78, 5) is 11.4. The molecule has 0 bridgehead atoms. The highest BCUT2D eigenvalue weighted by atomic mass is 16.5. The Morgan fingerprint density at radius 1 is 1.00 bits per heavy atom. The Hall–Kier alpha value is -2.27. The number of hydrogen-bond donors (Lipinski definition) is 1. The SMILES string of the molecule is O=c1ccc2c(OCCCCCCO)c3ccoc3cc2o1. The molecule has 5 heteroatoms. The van der Waals surface area contributed by atoms with E-state index < -0.39 is 5.63 Å². The fourth-order valence-electron chi connectivity index (χ4n) is 2.51. The molecule has 0 radical (unpaired) electrons. The maximum Gasteiger partial charge on any atom is 0.336 e. The van der Waals surface area contributed by atoms with Crippen LogP contribution in [-0.4, -0.2) is 18.3 Å². The molecule has 0 fully saturated rings. The van der Waals surface area contributed by atoms with E-state index in [4.69, 9.17) is 18.7 Å². The lowest BCUT2D eigenvalue weighted by Crippen LogP contribution is -2.00. The van der Waals surface area contributed by atoms with Crippen molar-refractivity contribution in [3.05, 3.63) is 40.9 Å². The zero-order valence-corrected chi connectivity index (χ0v) is 12.2. The molecule has 116 valence electrons. The Bertz CT molecular complexity index is 815. The van der Waals surface area contributed by atoms with Gasteiger partial charge in [-0.1, -0.05) is 6.42 Å². The number of furan rings is 1. The van der Waals surface area contributed by atoms with Gasteiger partial charge in [0, 0.05) is 18.7 Å². The first-order chi connectivity index (χ1) is 10.8. The van der Waals surface area contributed by atoms with Crippen molar-refractivity contribution in [3.8, 4) is 5.75 Å². The van der Waals surface area contributed by atoms with Gasteiger partial charge < -0.3 is 18.7 Å². The number of fused-ring (bicyclic) bond motifs is 2. The van der Waals surface area contributed by atoms with E-state index in [1.807, 2.05) is 6.07 Å². The molecule has 0 unspecified atom stereocenters. The highest BCUT2D eigenvalue weighted by molar-refractivity contribution is 6.01. The molecule has 0 aliphatic heterocycles. The topological polar surface area (TPSA) is 72.8 Å². The Kier molecular flexibility index (Phi) is 4.44. The van der Waals surface area contributed by atoms with Crippen LogP contribution in [0.15, 0.2) is 44.2 Å². The van der Waals surface area contributed by atoms with Crippen molar-refractivity contribution >= 4 is 21.9 Å². The molecular formula is C17H18O5. The molecule has 0 spiro atoms. The van der Waals surface area contributed by atoms with Gasteiger partial charge >= 0.3 is 5.63 Å². The van der Waals surface area contributed by atoms with Crippen LogP contribution in [0.1, 0.15) is 25.7 Å². The summed E-state index contributed by atoms with van der Waals surface area (Å²) in [6, 6.07) is 6.66. The third-order valence-electron chi connectivity index (χ3n) is 3.61. The Morgan fingerprint density at radius 3 is 2.68 bits per heavy atom. The second-order valence-corrected chi connectivity index (χ2v) is 5.19. The Morgan fingerprint density at radius 2 is 1.82 bits per heavy atom. The van der Waals surface area contributed by atoms with E-state index in [0.717, 1.165) is 36.5 Å². The van der Waals surface area contributed by atoms with E-state index in [1.54, 1.807) is 18.4 Å². The first-order valence-corrected chi connectivity index (χ1v) is 7.47. The van der Waals surface area contributed by atoms with E-state index in [1.165, 1.54) is 6.07 Å². The molecule has 0 aliphatic carbocycles. The van der Waals surface area contributed by atoms with Crippen molar-refractivity contribution in [1.82, 2.24) is 0 Å². The number of aliphatic hydroxyl groups is 1. The molecule has 0 saturated carbocycles. The van der Waals surface area contributed by atoms with Crippen molar-refractivity contribution in [2.45, 2.75) is 25.7 Å². The lowest BCUT2D eigenvalue weighted by atomic mass is 10.1. The number of rotatable bonds is 7. The first-order valence-electron chi connectivity index (χ1n) is 7.47. The summed E-state index contributed by atoms with van der Waals surface area (Å²) < 4.78 is 16.5. The average Bonchev–Trinajstić information content (AvgIpc) is 2.97. The smallest absolute Gasteiger partial charge is 0.336 e. The van der Waals surface area contributed by atoms with Gasteiger partial charge in [-0.2, -0.15) is 0 Å². The standard InChI is InChI=1S/C17H18O5/c18-8-3-1-2-4-9-21-17-12-5-6-16(19)22-15(12)11-14-13(17)7-10-20-14/h5-7,10-11,18H,1-4,8-9H2. The minimum Gasteiger partial charge on any atom is -0.492 e. The number of hydrogen-bond acceptors (Lipinski definition) is 5. The van der Waals surface area contributed by atoms with Crippen LogP contribution in [0.3, 0.4) is 0 Å². The summed E-state index contributed by atoms with van der Waals surface area (Å²) in [6.07, 6.45) is 5.33. The van der Waals surface area contributed by atoms with E-state index >= 15 is 0 Å². The zero-order chi connectivity index (χ0) is 15.4. The van der Waals surface area contributed by atoms with Gasteiger partial charge in [0.25, 0.3) is 0 Å². The van der Waals surface area contributed by atoms with Gasteiger partial charge in [-0.05, 0) is 31.4 Å². The fourth-order valence-corrected chi connectivity index (χ4v) is 2.51. The quantitative estimate of drug-likeness (QED) is 0.534. The fraction of sp³-hybridized carbons (Fsp3) is 0.353. The molecule has 3 aromatic rings. The zero-order valence-electron chi connectivity index (χ0n) is 12.2. The lowest BCUT2D eigenvalue weighted by Gasteiger charge is -2.10. The average molecular weight is 302 g/mol. The maximum absolute atomic E-state index is 11.4. The molecule has 22 heavy (non-hydrogen) atoms. The predicted octanol–water partition coefficient (Wildman–Crippen LogP) is 3.47. The van der Waals surface area contributed by atoms with Crippen LogP contribution >= 0.6 is 0 Å². The van der Waals surface area contributed by atoms with Crippen LogP contribution in [0.4, 0.5) is 0 Å². The van der Waals surface area contributed by atoms with Gasteiger partial charge in [0.2, 0.25) is 0 Å². The highest BCUT2D eigenvalue weighted by Gasteiger charge is 2.13. The normalized spacial score (nSPS) is 11.3. The molecular weight excluding hydrogens is 284 g/mol. The van der Waals surface area contributed by atoms with Crippen molar-refractivity contribution in [2.75, 3.05) is 13.2 Å². The molecule has 2 heterocycles. The molecule has 0 aliphatic rings. The largest absolute Gasteiger partial charge is 0.492 e. The van der Waals surface area contributed by atoms with Crippen molar-refractivity contribution in [1.29, 1.82) is 0 Å². The van der Waals surface area contributed by atoms with Gasteiger partial charge in [-0.15, -0.1) is 0 Å². The predicted molar refractivity (Wildman–Crippen MR) is 83.3 cm³/mol. The van der Waals surface area contributed by atoms with Crippen LogP contribution in [0.25, 0.3) is 21.9 Å². The van der Waals surface area contributed by atoms with Crippen molar-refractivity contribution in [2.24, 2.45) is 0 Å². The third-order valence-corrected chi connectivity index (χ3v) is 3.61. The van der Waals surface area contributed by atoms with Gasteiger partial charge in [-0.3, -0.25) is 0 Å². The summed E-state index contributed by atoms with van der Waals surface area (Å²) in [6.45, 7) is 0.808. The molecule has 3 rings (SSSR count). The molecule has 0 atom stereocenters. The molecule has 1 aromatic carbocycles. The van der Waals surface area contributed by atoms with Crippen LogP contribution in [0.2, 0.25) is 0 Å². The summed E-state index contributed by atoms with van der Waals surface area (Å²) >= 11 is 0. The Labute approximate surface area is 127 Å². The molecule has 5 nitrogen and oxygen atoms in total. The lowest BCUT2D eigenvalue weighted by molar-refractivity contribution is 0.274. The molecule has 0 saturated heterocycles. The molecule has 1 N–H and O–H groups in total. The number of benzene rings is 1. The maximum atomic E-state index is 11.4. The van der Waals surface area contributed by atoms with Gasteiger partial charge in [0.1, 0.15) is 16.9 Å². The van der Waals surface area contributed by atoms with Crippen LogP contribution in [0.5, 0.6) is 5.75 Å². The van der Waals surface area contributed by atoms with Crippen molar-refractivity contribution < 1.29 is 18.7 Å². The number of ether oxygens (including phenoxy) is 1. The second kappa shape index (κ2) is 6.66. The van der Waals surface area contributed by atoms with E-state index in [2.05, 4.69) is 0 Å². The van der Waals surface area contributed by atoms with E-state index in [0.29, 0.717) is 23.5 Å². The minimum atomic E-state index is -0.395. The Balaban J connectivity index is 1.85. The first kappa shape index (κ1) is 14.7. The minimum absolute atomic E-state index is 0.235. The monoisotopic (exact) mass is 302 g/mol. The number of unbranched alkanes of at least 4 members (excludes halogenated alkanes) is 3. The van der Waals surface area contributed by atoms with Gasteiger partial charge in [0.15, 0.2) is 0 Å². The molecule has 0 amide bonds. The summed E-state index contributed by atoms with van der Waals surface area (Å²) in [7, 11) is 0. The third kappa shape index (κ3) is 2.99. The summed E-state index contributed by atoms with van der Waals surface area (Å²) in [5.41, 5.74) is 0.704. The van der Waals surface area contributed by atoms with E-state index in [-0.39, 0.29) is 6.61 Å². The molecule has 2 aromatic heterocycles. The van der Waals surface area contributed by atoms with Gasteiger partial charge in [0.05, 0.1) is 23.6 Å². The van der Waals surface area contributed by atoms with E-state index in [9.17, 15) is 4.79 Å². The summed E-state index contributed by atoms with van der Waals surface area (Å²) in [5.74, 6) is 0.687. The summed E-state index contributed by atoms with van der Waals surface area (Å²) in [5, 5.41) is 10.4. The van der Waals surface area contributed by atoms with Crippen LogP contribution < -0.4 is 10.4 Å². The second-order valence-electron chi connectivity index (χ2n) is 5.19. The van der Waals surface area contributed by atoms with Crippen LogP contribution in [0, 0.1) is 0 Å². The van der Waals surface area contributed by atoms with Gasteiger partial charge in [-0.25, -0.2) is 4.79 Å².